The van der Waals surface area contributed by atoms with E-state index in [4.69, 9.17) is 10.2 Å². The van der Waals surface area contributed by atoms with Crippen molar-refractivity contribution in [3.05, 3.63) is 6.10 Å². The zero-order valence-corrected chi connectivity index (χ0v) is 3.30. The van der Waals surface area contributed by atoms with Crippen LogP contribution in [0, 0.1) is 6.10 Å². The van der Waals surface area contributed by atoms with Crippen molar-refractivity contribution in [1.82, 2.24) is 0 Å². The third-order valence-corrected chi connectivity index (χ3v) is 0.310. The molecule has 0 rings (SSSR count). The van der Waals surface area contributed by atoms with Crippen molar-refractivity contribution in [3.8, 4) is 0 Å². The number of carbonyl (C=O) groups is 1. The molecule has 2 N–H and O–H groups in total. The molecule has 0 amide bonds. The third kappa shape index (κ3) is 1.72. The van der Waals surface area contributed by atoms with Crippen LogP contribution < -0.4 is 0 Å². The van der Waals surface area contributed by atoms with Crippen LogP contribution in [0.25, 0.3) is 0 Å². The maximum Gasteiger partial charge on any atom is 0.339 e. The highest BCUT2D eigenvalue weighted by molar-refractivity contribution is 5.79. The minimum atomic E-state index is -1.27. The van der Waals surface area contributed by atoms with Gasteiger partial charge in [0.15, 0.2) is 6.10 Å². The fourth-order valence-electron chi connectivity index (χ4n) is 0. The fourth-order valence-corrected chi connectivity index (χ4v) is 0. The van der Waals surface area contributed by atoms with Crippen LogP contribution in [0.15, 0.2) is 0 Å². The summed E-state index contributed by atoms with van der Waals surface area (Å²) in [6.07, 6.45) is -0.574. The first-order valence-electron chi connectivity index (χ1n) is 1.40. The summed E-state index contributed by atoms with van der Waals surface area (Å²) in [5.74, 6) is -1.27. The molecule has 0 fully saturated rings. The molecule has 3 nitrogen and oxygen atoms in total. The van der Waals surface area contributed by atoms with E-state index in [1.165, 1.54) is 0 Å². The average molecular weight is 89.1 g/mol. The lowest BCUT2D eigenvalue weighted by Gasteiger charge is -1.87. The van der Waals surface area contributed by atoms with Crippen molar-refractivity contribution in [3.63, 3.8) is 0 Å². The highest BCUT2D eigenvalue weighted by Crippen LogP contribution is 1.85. The number of aliphatic hydroxyl groups is 1. The predicted molar refractivity (Wildman–Crippen MR) is 18.5 cm³/mol. The van der Waals surface area contributed by atoms with Crippen LogP contribution in [0.1, 0.15) is 6.92 Å². The van der Waals surface area contributed by atoms with Crippen LogP contribution >= 0.6 is 0 Å². The van der Waals surface area contributed by atoms with Gasteiger partial charge >= 0.3 is 5.97 Å². The zero-order valence-electron chi connectivity index (χ0n) is 3.30. The van der Waals surface area contributed by atoms with Crippen LogP contribution in [0.3, 0.4) is 0 Å². The van der Waals surface area contributed by atoms with Gasteiger partial charge in [-0.25, -0.2) is 4.79 Å². The lowest BCUT2D eigenvalue weighted by molar-refractivity contribution is -0.139. The normalized spacial score (nSPS) is 9.17. The van der Waals surface area contributed by atoms with Gasteiger partial charge in [-0.3, -0.25) is 0 Å². The summed E-state index contributed by atoms with van der Waals surface area (Å²) in [7, 11) is 0. The number of aliphatic carboxylic acids is 1. The van der Waals surface area contributed by atoms with E-state index in [1.54, 1.807) is 0 Å². The lowest BCUT2D eigenvalue weighted by Crippen LogP contribution is -2.04. The summed E-state index contributed by atoms with van der Waals surface area (Å²) in [6, 6.07) is 0. The lowest BCUT2D eigenvalue weighted by atomic mass is 10.4. The molecule has 0 saturated heterocycles. The molecule has 0 aliphatic carbocycles. The van der Waals surface area contributed by atoms with Crippen LogP contribution in [0.5, 0.6) is 0 Å². The Kier molecular flexibility index (Phi) is 1.60. The van der Waals surface area contributed by atoms with Crippen LogP contribution in [0.2, 0.25) is 0 Å². The molecule has 0 spiro atoms. The number of carboxylic acid groups (broad SMARTS) is 1. The van der Waals surface area contributed by atoms with Crippen molar-refractivity contribution in [2.24, 2.45) is 0 Å². The maximum absolute atomic E-state index is 9.41. The Morgan fingerprint density at radius 2 is 1.67 bits per heavy atom. The molecule has 0 unspecified atom stereocenters. The molecule has 0 bridgehead atoms. The molecule has 0 aromatic heterocycles. The van der Waals surface area contributed by atoms with Crippen molar-refractivity contribution >= 4 is 5.97 Å². The van der Waals surface area contributed by atoms with E-state index in [9.17, 15) is 4.79 Å². The molecular weight excluding hydrogens is 84.0 g/mol. The van der Waals surface area contributed by atoms with Gasteiger partial charge in [-0.05, 0) is 6.92 Å². The second-order valence-electron chi connectivity index (χ2n) is 0.891. The van der Waals surface area contributed by atoms with E-state index in [-0.39, 0.29) is 0 Å². The SMILES string of the molecule is C[C](O)C(=O)O. The molecule has 0 heterocycles. The van der Waals surface area contributed by atoms with E-state index < -0.39 is 12.1 Å². The summed E-state index contributed by atoms with van der Waals surface area (Å²) >= 11 is 0. The molecule has 3 heteroatoms. The summed E-state index contributed by atoms with van der Waals surface area (Å²) in [5, 5.41) is 15.7. The van der Waals surface area contributed by atoms with E-state index in [0.29, 0.717) is 0 Å². The van der Waals surface area contributed by atoms with Crippen molar-refractivity contribution < 1.29 is 15.0 Å². The number of rotatable bonds is 1. The first kappa shape index (κ1) is 5.43. The molecule has 0 aliphatic heterocycles. The highest BCUT2D eigenvalue weighted by atomic mass is 16.4. The number of hydrogen-bond acceptors (Lipinski definition) is 2. The Labute approximate surface area is 35.2 Å². The zero-order chi connectivity index (χ0) is 5.15. The van der Waals surface area contributed by atoms with Crippen molar-refractivity contribution in [1.29, 1.82) is 0 Å². The van der Waals surface area contributed by atoms with E-state index in [0.717, 1.165) is 6.92 Å². The molecule has 1 radical (unpaired) electrons. The molecule has 0 aromatic rings. The molecular formula is C3H5O3. The van der Waals surface area contributed by atoms with E-state index >= 15 is 0 Å². The van der Waals surface area contributed by atoms with E-state index in [1.807, 2.05) is 0 Å². The molecule has 0 atom stereocenters. The van der Waals surface area contributed by atoms with Gasteiger partial charge in [0.05, 0.1) is 0 Å². The topological polar surface area (TPSA) is 57.5 Å². The quantitative estimate of drug-likeness (QED) is 0.475. The maximum atomic E-state index is 9.41. The molecule has 0 aliphatic rings. The van der Waals surface area contributed by atoms with Gasteiger partial charge in [-0.1, -0.05) is 0 Å². The summed E-state index contributed by atoms with van der Waals surface area (Å²) < 4.78 is 0. The summed E-state index contributed by atoms with van der Waals surface area (Å²) in [6.45, 7) is 1.11. The predicted octanol–water partition coefficient (Wildman–Crippen LogP) is -0.00461. The summed E-state index contributed by atoms with van der Waals surface area (Å²) in [4.78, 5) is 9.41. The van der Waals surface area contributed by atoms with Crippen molar-refractivity contribution in [2.45, 2.75) is 6.92 Å². The van der Waals surface area contributed by atoms with Gasteiger partial charge < -0.3 is 10.2 Å². The monoisotopic (exact) mass is 89.0 g/mol. The van der Waals surface area contributed by atoms with Gasteiger partial charge in [0.25, 0.3) is 0 Å². The van der Waals surface area contributed by atoms with Gasteiger partial charge in [-0.15, -0.1) is 0 Å². The minimum absolute atomic E-state index is 0.574. The molecule has 0 aromatic carbocycles. The second-order valence-corrected chi connectivity index (χ2v) is 0.891. The van der Waals surface area contributed by atoms with Gasteiger partial charge in [-0.2, -0.15) is 0 Å². The largest absolute Gasteiger partial charge is 0.479 e. The second kappa shape index (κ2) is 1.77. The first-order chi connectivity index (χ1) is 2.64. The summed E-state index contributed by atoms with van der Waals surface area (Å²) in [5.41, 5.74) is 0. The van der Waals surface area contributed by atoms with Crippen LogP contribution in [-0.4, -0.2) is 16.2 Å². The van der Waals surface area contributed by atoms with Crippen LogP contribution in [-0.2, 0) is 4.79 Å². The highest BCUT2D eigenvalue weighted by Gasteiger charge is 2.03. The number of aliphatic hydroxyl groups excluding tert-OH is 1. The smallest absolute Gasteiger partial charge is 0.339 e. The Balaban J connectivity index is 3.26. The average Bonchev–Trinajstić information content (AvgIpc) is 1.36. The first-order valence-corrected chi connectivity index (χ1v) is 1.40. The Morgan fingerprint density at radius 1 is 1.50 bits per heavy atom. The van der Waals surface area contributed by atoms with Crippen LogP contribution in [0.4, 0.5) is 0 Å². The number of hydrogen-bond donors (Lipinski definition) is 2. The Morgan fingerprint density at radius 3 is 1.67 bits per heavy atom. The third-order valence-electron chi connectivity index (χ3n) is 0.310. The van der Waals surface area contributed by atoms with Gasteiger partial charge in [0.2, 0.25) is 0 Å². The standard InChI is InChI=1S/C3H5O3/c1-2(4)3(5)6/h4H,1H3,(H,5,6). The Hall–Kier alpha value is -0.570. The fraction of sp³-hybridized carbons (Fsp3) is 0.333. The minimum Gasteiger partial charge on any atom is -0.479 e. The Bertz CT molecular complexity index is 57.1. The molecule has 0 saturated carbocycles. The van der Waals surface area contributed by atoms with Crippen molar-refractivity contribution in [2.75, 3.05) is 0 Å². The number of carboxylic acids is 1. The molecule has 35 valence electrons. The van der Waals surface area contributed by atoms with Gasteiger partial charge in [0, 0.05) is 0 Å². The van der Waals surface area contributed by atoms with Gasteiger partial charge in [0.1, 0.15) is 0 Å². The molecule has 6 heavy (non-hydrogen) atoms. The van der Waals surface area contributed by atoms with E-state index in [2.05, 4.69) is 0 Å².